The molecule has 1 heterocycles. The number of phenols is 1. The maximum Gasteiger partial charge on any atom is 0.127 e. The SMILES string of the molecule is CNCCCc1cnc(-c2ccccc2O)s1. The molecule has 1 aromatic carbocycles. The highest BCUT2D eigenvalue weighted by Crippen LogP contribution is 2.32. The van der Waals surface area contributed by atoms with E-state index in [0.29, 0.717) is 5.75 Å². The van der Waals surface area contributed by atoms with Gasteiger partial charge in [-0.05, 0) is 38.6 Å². The quantitative estimate of drug-likeness (QED) is 0.800. The van der Waals surface area contributed by atoms with Crippen LogP contribution in [0.25, 0.3) is 10.6 Å². The number of para-hydroxylation sites is 1. The molecule has 0 atom stereocenters. The van der Waals surface area contributed by atoms with Gasteiger partial charge in [-0.1, -0.05) is 12.1 Å². The molecule has 2 rings (SSSR count). The Kier molecular flexibility index (Phi) is 4.12. The van der Waals surface area contributed by atoms with Crippen molar-refractivity contribution < 1.29 is 5.11 Å². The van der Waals surface area contributed by atoms with Gasteiger partial charge in [0, 0.05) is 11.1 Å². The Morgan fingerprint density at radius 2 is 2.18 bits per heavy atom. The maximum absolute atomic E-state index is 9.74. The standard InChI is InChI=1S/C13H16N2OS/c1-14-8-4-5-10-9-15-13(17-10)11-6-2-3-7-12(11)16/h2-3,6-7,9,14,16H,4-5,8H2,1H3. The average molecular weight is 248 g/mol. The number of aromatic hydroxyl groups is 1. The molecule has 0 fully saturated rings. The number of aromatic nitrogens is 1. The number of nitrogens with one attached hydrogen (secondary N) is 1. The zero-order valence-electron chi connectivity index (χ0n) is 9.81. The molecule has 90 valence electrons. The first kappa shape index (κ1) is 12.1. The molecular formula is C13H16N2OS. The van der Waals surface area contributed by atoms with E-state index in [2.05, 4.69) is 10.3 Å². The summed E-state index contributed by atoms with van der Waals surface area (Å²) >= 11 is 1.65. The van der Waals surface area contributed by atoms with Crippen molar-refractivity contribution in [2.75, 3.05) is 13.6 Å². The van der Waals surface area contributed by atoms with E-state index in [1.54, 1.807) is 17.4 Å². The molecule has 0 spiro atoms. The Morgan fingerprint density at radius 3 is 2.94 bits per heavy atom. The molecule has 0 radical (unpaired) electrons. The Morgan fingerprint density at radius 1 is 1.35 bits per heavy atom. The van der Waals surface area contributed by atoms with Crippen LogP contribution in [0.1, 0.15) is 11.3 Å². The summed E-state index contributed by atoms with van der Waals surface area (Å²) in [6.07, 6.45) is 4.05. The number of hydrogen-bond donors (Lipinski definition) is 2. The van der Waals surface area contributed by atoms with E-state index in [0.717, 1.165) is 30.0 Å². The molecule has 0 amide bonds. The van der Waals surface area contributed by atoms with Gasteiger partial charge in [0.1, 0.15) is 10.8 Å². The first-order valence-corrected chi connectivity index (χ1v) is 6.50. The summed E-state index contributed by atoms with van der Waals surface area (Å²) in [6, 6.07) is 7.32. The molecule has 0 saturated carbocycles. The van der Waals surface area contributed by atoms with Crippen molar-refractivity contribution in [3.05, 3.63) is 35.3 Å². The number of thiazole rings is 1. The number of phenolic OH excluding ortho intramolecular Hbond substituents is 1. The number of nitrogens with zero attached hydrogens (tertiary/aromatic N) is 1. The number of hydrogen-bond acceptors (Lipinski definition) is 4. The highest BCUT2D eigenvalue weighted by Gasteiger charge is 2.08. The predicted molar refractivity (Wildman–Crippen MR) is 71.5 cm³/mol. The highest BCUT2D eigenvalue weighted by atomic mass is 32.1. The van der Waals surface area contributed by atoms with Crippen LogP contribution >= 0.6 is 11.3 Å². The van der Waals surface area contributed by atoms with Crippen molar-refractivity contribution in [1.29, 1.82) is 0 Å². The van der Waals surface area contributed by atoms with Crippen LogP contribution in [0, 0.1) is 0 Å². The molecule has 0 unspecified atom stereocenters. The first-order chi connectivity index (χ1) is 8.31. The molecule has 1 aromatic heterocycles. The number of aryl methyl sites for hydroxylation is 1. The second-order valence-corrected chi connectivity index (χ2v) is 4.97. The highest BCUT2D eigenvalue weighted by molar-refractivity contribution is 7.15. The second-order valence-electron chi connectivity index (χ2n) is 3.86. The molecule has 2 N–H and O–H groups in total. The van der Waals surface area contributed by atoms with Crippen LogP contribution in [-0.4, -0.2) is 23.7 Å². The lowest BCUT2D eigenvalue weighted by molar-refractivity contribution is 0.477. The van der Waals surface area contributed by atoms with Crippen molar-refractivity contribution in [3.8, 4) is 16.3 Å². The van der Waals surface area contributed by atoms with Crippen LogP contribution in [0.2, 0.25) is 0 Å². The van der Waals surface area contributed by atoms with E-state index in [1.165, 1.54) is 4.88 Å². The van der Waals surface area contributed by atoms with Crippen LogP contribution in [0.4, 0.5) is 0 Å². The molecule has 4 heteroatoms. The molecule has 3 nitrogen and oxygen atoms in total. The molecule has 0 bridgehead atoms. The average Bonchev–Trinajstić information content (AvgIpc) is 2.79. The maximum atomic E-state index is 9.74. The van der Waals surface area contributed by atoms with E-state index in [-0.39, 0.29) is 0 Å². The van der Waals surface area contributed by atoms with E-state index in [9.17, 15) is 5.11 Å². The summed E-state index contributed by atoms with van der Waals surface area (Å²) in [5, 5.41) is 13.8. The summed E-state index contributed by atoms with van der Waals surface area (Å²) in [5.41, 5.74) is 0.817. The van der Waals surface area contributed by atoms with Crippen LogP contribution in [-0.2, 0) is 6.42 Å². The Labute approximate surface area is 105 Å². The van der Waals surface area contributed by atoms with Crippen molar-refractivity contribution in [2.24, 2.45) is 0 Å². The van der Waals surface area contributed by atoms with Crippen LogP contribution in [0.15, 0.2) is 30.5 Å². The van der Waals surface area contributed by atoms with E-state index >= 15 is 0 Å². The minimum Gasteiger partial charge on any atom is -0.507 e. The normalized spacial score (nSPS) is 10.6. The summed E-state index contributed by atoms with van der Waals surface area (Å²) in [7, 11) is 1.96. The largest absolute Gasteiger partial charge is 0.507 e. The van der Waals surface area contributed by atoms with Crippen LogP contribution in [0.3, 0.4) is 0 Å². The van der Waals surface area contributed by atoms with Gasteiger partial charge < -0.3 is 10.4 Å². The molecule has 17 heavy (non-hydrogen) atoms. The van der Waals surface area contributed by atoms with Crippen LogP contribution < -0.4 is 5.32 Å². The first-order valence-electron chi connectivity index (χ1n) is 5.69. The van der Waals surface area contributed by atoms with Crippen LogP contribution in [0.5, 0.6) is 5.75 Å². The van der Waals surface area contributed by atoms with E-state index in [4.69, 9.17) is 0 Å². The van der Waals surface area contributed by atoms with Gasteiger partial charge in [0.2, 0.25) is 0 Å². The fraction of sp³-hybridized carbons (Fsp3) is 0.308. The summed E-state index contributed by atoms with van der Waals surface area (Å²) in [5.74, 6) is 0.295. The molecule has 2 aromatic rings. The summed E-state index contributed by atoms with van der Waals surface area (Å²) < 4.78 is 0. The lowest BCUT2D eigenvalue weighted by Crippen LogP contribution is -2.07. The van der Waals surface area contributed by atoms with Gasteiger partial charge in [-0.3, -0.25) is 0 Å². The zero-order valence-corrected chi connectivity index (χ0v) is 10.6. The van der Waals surface area contributed by atoms with Crippen molar-refractivity contribution >= 4 is 11.3 Å². The minimum atomic E-state index is 0.295. The van der Waals surface area contributed by atoms with Crippen molar-refractivity contribution in [2.45, 2.75) is 12.8 Å². The molecule has 0 saturated heterocycles. The Bertz CT molecular complexity index is 482. The van der Waals surface area contributed by atoms with Gasteiger partial charge in [-0.25, -0.2) is 4.98 Å². The third-order valence-electron chi connectivity index (χ3n) is 2.54. The number of benzene rings is 1. The monoisotopic (exact) mass is 248 g/mol. The third-order valence-corrected chi connectivity index (χ3v) is 3.63. The van der Waals surface area contributed by atoms with Gasteiger partial charge >= 0.3 is 0 Å². The van der Waals surface area contributed by atoms with Gasteiger partial charge in [0.15, 0.2) is 0 Å². The third kappa shape index (κ3) is 3.05. The number of rotatable bonds is 5. The zero-order chi connectivity index (χ0) is 12.1. The van der Waals surface area contributed by atoms with E-state index in [1.807, 2.05) is 31.4 Å². The molecule has 0 aliphatic carbocycles. The summed E-state index contributed by atoms with van der Waals surface area (Å²) in [6.45, 7) is 1.02. The predicted octanol–water partition coefficient (Wildman–Crippen LogP) is 2.67. The fourth-order valence-electron chi connectivity index (χ4n) is 1.64. The fourth-order valence-corrected chi connectivity index (χ4v) is 2.63. The minimum absolute atomic E-state index is 0.295. The van der Waals surface area contributed by atoms with Gasteiger partial charge in [0.05, 0.1) is 5.56 Å². The molecular weight excluding hydrogens is 232 g/mol. The second kappa shape index (κ2) is 5.80. The lowest BCUT2D eigenvalue weighted by atomic mass is 10.2. The Balaban J connectivity index is 2.10. The summed E-state index contributed by atoms with van der Waals surface area (Å²) in [4.78, 5) is 5.63. The Hall–Kier alpha value is -1.39. The molecule has 0 aliphatic rings. The topological polar surface area (TPSA) is 45.2 Å². The van der Waals surface area contributed by atoms with Gasteiger partial charge in [-0.2, -0.15) is 0 Å². The lowest BCUT2D eigenvalue weighted by Gasteiger charge is -1.99. The van der Waals surface area contributed by atoms with Gasteiger partial charge in [-0.15, -0.1) is 11.3 Å². The van der Waals surface area contributed by atoms with E-state index < -0.39 is 0 Å². The van der Waals surface area contributed by atoms with Crippen molar-refractivity contribution in [1.82, 2.24) is 10.3 Å². The van der Waals surface area contributed by atoms with Gasteiger partial charge in [0.25, 0.3) is 0 Å². The smallest absolute Gasteiger partial charge is 0.127 e. The molecule has 0 aliphatic heterocycles. The van der Waals surface area contributed by atoms with Crippen molar-refractivity contribution in [3.63, 3.8) is 0 Å².